The van der Waals surface area contributed by atoms with Crippen LogP contribution in [0.3, 0.4) is 0 Å². The molecule has 0 aliphatic carbocycles. The Kier molecular flexibility index (Phi) is 3.70. The summed E-state index contributed by atoms with van der Waals surface area (Å²) in [6.07, 6.45) is 0. The summed E-state index contributed by atoms with van der Waals surface area (Å²) in [5.41, 5.74) is 1.21. The second kappa shape index (κ2) is 5.51. The van der Waals surface area contributed by atoms with Gasteiger partial charge in [-0.15, -0.1) is 0 Å². The smallest absolute Gasteiger partial charge is 0.240 e. The Balaban J connectivity index is 1.60. The quantitative estimate of drug-likeness (QED) is 0.862. The fourth-order valence-electron chi connectivity index (χ4n) is 3.30. The molecule has 112 valence electrons. The maximum atomic E-state index is 12.1. The molecule has 1 amide bonds. The molecule has 0 unspecified atom stereocenters. The normalized spacial score (nSPS) is 24.8. The van der Waals surface area contributed by atoms with E-state index in [9.17, 15) is 4.79 Å². The lowest BCUT2D eigenvalue weighted by atomic mass is 10.0. The average molecular weight is 288 g/mol. The van der Waals surface area contributed by atoms with Gasteiger partial charge in [0.15, 0.2) is 0 Å². The van der Waals surface area contributed by atoms with E-state index < -0.39 is 0 Å². The molecule has 0 spiro atoms. The summed E-state index contributed by atoms with van der Waals surface area (Å²) >= 11 is 0. The van der Waals surface area contributed by atoms with Crippen molar-refractivity contribution in [1.29, 1.82) is 5.26 Å². The molecular weight excluding hydrogens is 268 g/mol. The number of anilines is 1. The van der Waals surface area contributed by atoms with E-state index in [0.717, 1.165) is 31.7 Å². The van der Waals surface area contributed by atoms with E-state index >= 15 is 0 Å². The number of rotatable bonds is 3. The molecule has 3 heterocycles. The molecule has 2 aliphatic heterocycles. The number of likely N-dealkylation sites (tertiary alicyclic amines) is 1. The van der Waals surface area contributed by atoms with E-state index in [0.29, 0.717) is 29.7 Å². The highest BCUT2D eigenvalue weighted by atomic mass is 16.4. The zero-order valence-electron chi connectivity index (χ0n) is 12.4. The number of amides is 1. The molecule has 0 saturated carbocycles. The summed E-state index contributed by atoms with van der Waals surface area (Å²) in [7, 11) is 0. The Labute approximate surface area is 124 Å². The maximum absolute atomic E-state index is 12.1. The average Bonchev–Trinajstić information content (AvgIpc) is 3.05. The van der Waals surface area contributed by atoms with Gasteiger partial charge in [-0.2, -0.15) is 5.26 Å². The third-order valence-electron chi connectivity index (χ3n) is 4.58. The summed E-state index contributed by atoms with van der Waals surface area (Å²) in [6.45, 7) is 8.01. The first-order valence-electron chi connectivity index (χ1n) is 7.31. The van der Waals surface area contributed by atoms with E-state index in [-0.39, 0.29) is 11.8 Å². The maximum Gasteiger partial charge on any atom is 0.240 e. The van der Waals surface area contributed by atoms with Gasteiger partial charge in [0, 0.05) is 18.7 Å². The molecule has 1 aromatic heterocycles. The van der Waals surface area contributed by atoms with Crippen LogP contribution in [0.2, 0.25) is 0 Å². The number of furan rings is 1. The van der Waals surface area contributed by atoms with Crippen LogP contribution in [0.4, 0.5) is 5.88 Å². The van der Waals surface area contributed by atoms with Crippen molar-refractivity contribution in [3.63, 3.8) is 0 Å². The Hall–Kier alpha value is -1.84. The SMILES string of the molecule is Cc1oc(NC(=O)CN2C[C@H]3CNC[C@H]3C2)c(C#N)c1C. The highest BCUT2D eigenvalue weighted by Gasteiger charge is 2.36. The zero-order valence-corrected chi connectivity index (χ0v) is 12.4. The van der Waals surface area contributed by atoms with Crippen molar-refractivity contribution in [2.24, 2.45) is 11.8 Å². The number of hydrogen-bond acceptors (Lipinski definition) is 5. The van der Waals surface area contributed by atoms with Crippen molar-refractivity contribution < 1.29 is 9.21 Å². The molecule has 2 saturated heterocycles. The zero-order chi connectivity index (χ0) is 15.0. The molecule has 1 aromatic rings. The van der Waals surface area contributed by atoms with Crippen molar-refractivity contribution in [2.45, 2.75) is 13.8 Å². The van der Waals surface area contributed by atoms with Crippen LogP contribution in [-0.2, 0) is 4.79 Å². The van der Waals surface area contributed by atoms with Crippen molar-refractivity contribution in [3.05, 3.63) is 16.9 Å². The number of nitriles is 1. The molecule has 21 heavy (non-hydrogen) atoms. The van der Waals surface area contributed by atoms with Crippen LogP contribution in [0, 0.1) is 37.0 Å². The first-order chi connectivity index (χ1) is 10.1. The molecule has 2 atom stereocenters. The first kappa shape index (κ1) is 14.1. The third-order valence-corrected chi connectivity index (χ3v) is 4.58. The van der Waals surface area contributed by atoms with Gasteiger partial charge in [0.25, 0.3) is 0 Å². The number of carbonyl (C=O) groups is 1. The van der Waals surface area contributed by atoms with Gasteiger partial charge in [-0.1, -0.05) is 0 Å². The Bertz CT molecular complexity index is 590. The fourth-order valence-corrected chi connectivity index (χ4v) is 3.30. The topological polar surface area (TPSA) is 81.3 Å². The van der Waals surface area contributed by atoms with Gasteiger partial charge in [-0.3, -0.25) is 15.0 Å². The first-order valence-corrected chi connectivity index (χ1v) is 7.31. The van der Waals surface area contributed by atoms with Gasteiger partial charge in [0.2, 0.25) is 11.8 Å². The summed E-state index contributed by atoms with van der Waals surface area (Å²) < 4.78 is 5.46. The minimum absolute atomic E-state index is 0.117. The molecule has 2 aliphatic rings. The predicted molar refractivity (Wildman–Crippen MR) is 77.8 cm³/mol. The highest BCUT2D eigenvalue weighted by Crippen LogP contribution is 2.27. The predicted octanol–water partition coefficient (Wildman–Crippen LogP) is 0.858. The van der Waals surface area contributed by atoms with Crippen LogP contribution >= 0.6 is 0 Å². The lowest BCUT2D eigenvalue weighted by Crippen LogP contribution is -2.33. The van der Waals surface area contributed by atoms with Gasteiger partial charge in [-0.05, 0) is 38.8 Å². The van der Waals surface area contributed by atoms with Crippen LogP contribution in [0.5, 0.6) is 0 Å². The van der Waals surface area contributed by atoms with E-state index in [1.165, 1.54) is 0 Å². The van der Waals surface area contributed by atoms with Crippen LogP contribution in [0.15, 0.2) is 4.42 Å². The van der Waals surface area contributed by atoms with Gasteiger partial charge in [0.1, 0.15) is 17.4 Å². The van der Waals surface area contributed by atoms with Gasteiger partial charge < -0.3 is 9.73 Å². The summed E-state index contributed by atoms with van der Waals surface area (Å²) in [6, 6.07) is 2.09. The molecule has 0 aromatic carbocycles. The molecule has 6 heteroatoms. The molecule has 0 bridgehead atoms. The summed E-state index contributed by atoms with van der Waals surface area (Å²) in [4.78, 5) is 14.3. The Morgan fingerprint density at radius 3 is 2.71 bits per heavy atom. The van der Waals surface area contributed by atoms with Crippen LogP contribution in [0.1, 0.15) is 16.9 Å². The van der Waals surface area contributed by atoms with E-state index in [4.69, 9.17) is 9.68 Å². The number of nitrogens with one attached hydrogen (secondary N) is 2. The highest BCUT2D eigenvalue weighted by molar-refractivity contribution is 5.92. The van der Waals surface area contributed by atoms with E-state index in [2.05, 4.69) is 21.6 Å². The number of nitrogens with zero attached hydrogens (tertiary/aromatic N) is 2. The second-order valence-corrected chi connectivity index (χ2v) is 6.02. The lowest BCUT2D eigenvalue weighted by molar-refractivity contribution is -0.117. The van der Waals surface area contributed by atoms with Crippen molar-refractivity contribution in [3.8, 4) is 6.07 Å². The molecular formula is C15H20N4O2. The Morgan fingerprint density at radius 1 is 1.43 bits per heavy atom. The largest absolute Gasteiger partial charge is 0.444 e. The van der Waals surface area contributed by atoms with Gasteiger partial charge >= 0.3 is 0 Å². The van der Waals surface area contributed by atoms with Crippen LogP contribution in [-0.4, -0.2) is 43.5 Å². The van der Waals surface area contributed by atoms with E-state index in [1.807, 2.05) is 6.92 Å². The molecule has 0 radical (unpaired) electrons. The van der Waals surface area contributed by atoms with Crippen molar-refractivity contribution in [2.75, 3.05) is 38.0 Å². The number of aryl methyl sites for hydroxylation is 1. The van der Waals surface area contributed by atoms with Gasteiger partial charge in [0.05, 0.1) is 6.54 Å². The monoisotopic (exact) mass is 288 g/mol. The minimum Gasteiger partial charge on any atom is -0.444 e. The van der Waals surface area contributed by atoms with Crippen molar-refractivity contribution in [1.82, 2.24) is 10.2 Å². The van der Waals surface area contributed by atoms with Crippen LogP contribution in [0.25, 0.3) is 0 Å². The summed E-state index contributed by atoms with van der Waals surface area (Å²) in [5, 5.41) is 15.3. The standard InChI is InChI=1S/C15H20N4O2/c1-9-10(2)21-15(13(9)3-16)18-14(20)8-19-6-11-4-17-5-12(11)7-19/h11-12,17H,4-8H2,1-2H3,(H,18,20)/t11-,12+. The fraction of sp³-hybridized carbons (Fsp3) is 0.600. The van der Waals surface area contributed by atoms with Crippen LogP contribution < -0.4 is 10.6 Å². The van der Waals surface area contributed by atoms with E-state index in [1.54, 1.807) is 6.92 Å². The molecule has 2 fully saturated rings. The third kappa shape index (κ3) is 2.67. The lowest BCUT2D eigenvalue weighted by Gasteiger charge is -2.15. The molecule has 6 nitrogen and oxygen atoms in total. The van der Waals surface area contributed by atoms with Crippen molar-refractivity contribution >= 4 is 11.8 Å². The number of carbonyl (C=O) groups excluding carboxylic acids is 1. The molecule has 3 rings (SSSR count). The Morgan fingerprint density at radius 2 is 2.10 bits per heavy atom. The summed E-state index contributed by atoms with van der Waals surface area (Å²) in [5.74, 6) is 2.16. The second-order valence-electron chi connectivity index (χ2n) is 6.02. The number of fused-ring (bicyclic) bond motifs is 1. The number of hydrogen-bond donors (Lipinski definition) is 2. The minimum atomic E-state index is -0.117. The van der Waals surface area contributed by atoms with Gasteiger partial charge in [-0.25, -0.2) is 0 Å². The molecule has 2 N–H and O–H groups in total.